The van der Waals surface area contributed by atoms with Crippen LogP contribution in [0.1, 0.15) is 12.0 Å². The summed E-state index contributed by atoms with van der Waals surface area (Å²) in [5, 5.41) is 10.5. The highest BCUT2D eigenvalue weighted by Crippen LogP contribution is 2.10. The lowest BCUT2D eigenvalue weighted by molar-refractivity contribution is -0.121. The van der Waals surface area contributed by atoms with Crippen molar-refractivity contribution >= 4 is 42.5 Å². The molecule has 1 amide bonds. The molecule has 0 radical (unpaired) electrons. The second kappa shape index (κ2) is 10.6. The van der Waals surface area contributed by atoms with Gasteiger partial charge in [-0.2, -0.15) is 16.9 Å². The fraction of sp³-hybridized carbons (Fsp3) is 0.400. The van der Waals surface area contributed by atoms with E-state index in [9.17, 15) is 4.79 Å². The Kier molecular flexibility index (Phi) is 9.13. The minimum atomic E-state index is 0. The van der Waals surface area contributed by atoms with Gasteiger partial charge in [0.15, 0.2) is 5.82 Å². The number of hydrogen-bond acceptors (Lipinski definition) is 5. The number of carbonyl (C=O) groups excluding carboxylic acids is 1. The summed E-state index contributed by atoms with van der Waals surface area (Å²) < 4.78 is 1.70. The summed E-state index contributed by atoms with van der Waals surface area (Å²) >= 11 is 1.90. The van der Waals surface area contributed by atoms with Gasteiger partial charge in [0.25, 0.3) is 0 Å². The second-order valence-corrected chi connectivity index (χ2v) is 6.33. The SMILES string of the molecule is Cl.Cl.O=C(CC1CSCCN1)NCc1ccnc(-n2cccn2)c1. The highest BCUT2D eigenvalue weighted by molar-refractivity contribution is 7.99. The van der Waals surface area contributed by atoms with Gasteiger partial charge in [0, 0.05) is 55.6 Å². The third kappa shape index (κ3) is 5.98. The molecule has 1 unspecified atom stereocenters. The summed E-state index contributed by atoms with van der Waals surface area (Å²) in [6.45, 7) is 1.50. The van der Waals surface area contributed by atoms with Gasteiger partial charge in [0.05, 0.1) is 0 Å². The first-order chi connectivity index (χ1) is 10.8. The molecular weight excluding hydrogens is 369 g/mol. The Balaban J connectivity index is 0.00000144. The average Bonchev–Trinajstić information content (AvgIpc) is 3.09. The van der Waals surface area contributed by atoms with Crippen LogP contribution in [-0.2, 0) is 11.3 Å². The van der Waals surface area contributed by atoms with Crippen LogP contribution < -0.4 is 10.6 Å². The van der Waals surface area contributed by atoms with Crippen molar-refractivity contribution < 1.29 is 4.79 Å². The summed E-state index contributed by atoms with van der Waals surface area (Å²) in [5.74, 6) is 2.97. The number of carbonyl (C=O) groups is 1. The first-order valence-corrected chi connectivity index (χ1v) is 8.49. The summed E-state index contributed by atoms with van der Waals surface area (Å²) in [6.07, 6.45) is 5.82. The maximum absolute atomic E-state index is 12.0. The van der Waals surface area contributed by atoms with E-state index < -0.39 is 0 Å². The van der Waals surface area contributed by atoms with Crippen LogP contribution in [0.2, 0.25) is 0 Å². The smallest absolute Gasteiger partial charge is 0.221 e. The zero-order chi connectivity index (χ0) is 15.2. The molecule has 0 spiro atoms. The minimum absolute atomic E-state index is 0. The van der Waals surface area contributed by atoms with Gasteiger partial charge in [0.2, 0.25) is 5.91 Å². The molecule has 3 rings (SSSR count). The number of aromatic nitrogens is 3. The Morgan fingerprint density at radius 2 is 2.29 bits per heavy atom. The maximum Gasteiger partial charge on any atom is 0.221 e. The molecule has 132 valence electrons. The van der Waals surface area contributed by atoms with Gasteiger partial charge in [-0.3, -0.25) is 4.79 Å². The van der Waals surface area contributed by atoms with Gasteiger partial charge in [-0.15, -0.1) is 24.8 Å². The Hall–Kier alpha value is -1.28. The first kappa shape index (κ1) is 20.8. The van der Waals surface area contributed by atoms with Crippen LogP contribution in [0, 0.1) is 0 Å². The molecule has 6 nitrogen and oxygen atoms in total. The third-order valence-electron chi connectivity index (χ3n) is 3.47. The van der Waals surface area contributed by atoms with E-state index in [1.807, 2.05) is 36.2 Å². The molecular formula is C15H21Cl2N5OS. The standard InChI is InChI=1S/C15H19N5OS.2ClH/c21-15(9-13-11-22-7-5-16-13)18-10-12-2-4-17-14(8-12)20-6-1-3-19-20;;/h1-4,6,8,13,16H,5,7,9-11H2,(H,18,21);2*1H. The zero-order valence-electron chi connectivity index (χ0n) is 13.1. The predicted molar refractivity (Wildman–Crippen MR) is 101 cm³/mol. The Morgan fingerprint density at radius 3 is 3.00 bits per heavy atom. The maximum atomic E-state index is 12.0. The molecule has 0 aliphatic carbocycles. The van der Waals surface area contributed by atoms with Gasteiger partial charge < -0.3 is 10.6 Å². The highest BCUT2D eigenvalue weighted by Gasteiger charge is 2.16. The van der Waals surface area contributed by atoms with E-state index >= 15 is 0 Å². The number of thioether (sulfide) groups is 1. The van der Waals surface area contributed by atoms with E-state index in [-0.39, 0.29) is 36.8 Å². The monoisotopic (exact) mass is 389 g/mol. The summed E-state index contributed by atoms with van der Waals surface area (Å²) in [5.41, 5.74) is 1.01. The molecule has 2 N–H and O–H groups in total. The molecule has 1 fully saturated rings. The molecule has 1 aliphatic heterocycles. The van der Waals surface area contributed by atoms with Gasteiger partial charge in [-0.1, -0.05) is 0 Å². The fourth-order valence-electron chi connectivity index (χ4n) is 2.35. The van der Waals surface area contributed by atoms with Crippen molar-refractivity contribution in [2.45, 2.75) is 19.0 Å². The normalized spacial score (nSPS) is 16.6. The lowest BCUT2D eigenvalue weighted by Gasteiger charge is -2.22. The molecule has 2 aromatic heterocycles. The second-order valence-electron chi connectivity index (χ2n) is 5.18. The fourth-order valence-corrected chi connectivity index (χ4v) is 3.30. The molecule has 1 saturated heterocycles. The van der Waals surface area contributed by atoms with E-state index in [1.165, 1.54) is 0 Å². The average molecular weight is 390 g/mol. The van der Waals surface area contributed by atoms with E-state index in [2.05, 4.69) is 20.7 Å². The summed E-state index contributed by atoms with van der Waals surface area (Å²) in [6, 6.07) is 5.98. The quantitative estimate of drug-likeness (QED) is 0.815. The van der Waals surface area contributed by atoms with Crippen LogP contribution in [0.15, 0.2) is 36.8 Å². The topological polar surface area (TPSA) is 71.8 Å². The van der Waals surface area contributed by atoms with E-state index in [0.717, 1.165) is 29.4 Å². The molecule has 3 heterocycles. The van der Waals surface area contributed by atoms with Crippen molar-refractivity contribution in [2.24, 2.45) is 0 Å². The number of nitrogens with one attached hydrogen (secondary N) is 2. The largest absolute Gasteiger partial charge is 0.352 e. The van der Waals surface area contributed by atoms with Crippen LogP contribution in [0.3, 0.4) is 0 Å². The molecule has 24 heavy (non-hydrogen) atoms. The third-order valence-corrected chi connectivity index (χ3v) is 4.60. The lowest BCUT2D eigenvalue weighted by atomic mass is 10.2. The van der Waals surface area contributed by atoms with E-state index in [1.54, 1.807) is 17.1 Å². The Bertz CT molecular complexity index is 620. The van der Waals surface area contributed by atoms with Crippen molar-refractivity contribution in [3.8, 4) is 5.82 Å². The molecule has 0 bridgehead atoms. The van der Waals surface area contributed by atoms with Crippen molar-refractivity contribution in [3.05, 3.63) is 42.4 Å². The molecule has 1 aliphatic rings. The highest BCUT2D eigenvalue weighted by atomic mass is 35.5. The lowest BCUT2D eigenvalue weighted by Crippen LogP contribution is -2.41. The van der Waals surface area contributed by atoms with Gasteiger partial charge in [-0.25, -0.2) is 9.67 Å². The molecule has 9 heteroatoms. The summed E-state index contributed by atoms with van der Waals surface area (Å²) in [4.78, 5) is 16.3. The number of hydrogen-bond donors (Lipinski definition) is 2. The van der Waals surface area contributed by atoms with Crippen LogP contribution in [0.4, 0.5) is 0 Å². The molecule has 0 aromatic carbocycles. The minimum Gasteiger partial charge on any atom is -0.352 e. The molecule has 0 saturated carbocycles. The van der Waals surface area contributed by atoms with Crippen molar-refractivity contribution in [1.82, 2.24) is 25.4 Å². The van der Waals surface area contributed by atoms with Crippen molar-refractivity contribution in [1.29, 1.82) is 0 Å². The number of rotatable bonds is 5. The van der Waals surface area contributed by atoms with Crippen molar-refractivity contribution in [2.75, 3.05) is 18.1 Å². The number of pyridine rings is 1. The molecule has 1 atom stereocenters. The molecule has 2 aromatic rings. The Morgan fingerprint density at radius 1 is 1.42 bits per heavy atom. The van der Waals surface area contributed by atoms with Crippen LogP contribution in [0.5, 0.6) is 0 Å². The van der Waals surface area contributed by atoms with E-state index in [0.29, 0.717) is 13.0 Å². The predicted octanol–water partition coefficient (Wildman–Crippen LogP) is 1.82. The first-order valence-electron chi connectivity index (χ1n) is 7.34. The van der Waals surface area contributed by atoms with Crippen LogP contribution in [0.25, 0.3) is 5.82 Å². The number of halogens is 2. The number of amides is 1. The van der Waals surface area contributed by atoms with Gasteiger partial charge in [-0.05, 0) is 23.8 Å². The zero-order valence-corrected chi connectivity index (χ0v) is 15.5. The van der Waals surface area contributed by atoms with Gasteiger partial charge >= 0.3 is 0 Å². The van der Waals surface area contributed by atoms with Crippen molar-refractivity contribution in [3.63, 3.8) is 0 Å². The Labute approximate surface area is 158 Å². The number of nitrogens with zero attached hydrogens (tertiary/aromatic N) is 3. The summed E-state index contributed by atoms with van der Waals surface area (Å²) in [7, 11) is 0. The van der Waals surface area contributed by atoms with Crippen LogP contribution >= 0.6 is 36.6 Å². The van der Waals surface area contributed by atoms with Crippen LogP contribution in [-0.4, -0.2) is 44.8 Å². The van der Waals surface area contributed by atoms with E-state index in [4.69, 9.17) is 0 Å². The van der Waals surface area contributed by atoms with Gasteiger partial charge in [0.1, 0.15) is 0 Å².